The van der Waals surface area contributed by atoms with Gasteiger partial charge in [-0.25, -0.2) is 0 Å². The monoisotopic (exact) mass is 444 g/mol. The number of hydrogen-bond acceptors (Lipinski definition) is 6. The van der Waals surface area contributed by atoms with E-state index >= 15 is 0 Å². The zero-order valence-corrected chi connectivity index (χ0v) is 18.0. The van der Waals surface area contributed by atoms with Crippen LogP contribution in [0.2, 0.25) is 5.02 Å². The summed E-state index contributed by atoms with van der Waals surface area (Å²) in [6.07, 6.45) is 0.464. The Balaban J connectivity index is 1.63. The van der Waals surface area contributed by atoms with Gasteiger partial charge in [0.05, 0.1) is 23.5 Å². The van der Waals surface area contributed by atoms with E-state index in [2.05, 4.69) is 15.1 Å². The number of benzene rings is 2. The molecule has 2 atom stereocenters. The van der Waals surface area contributed by atoms with Crippen LogP contribution in [0.1, 0.15) is 5.56 Å². The van der Waals surface area contributed by atoms with Gasteiger partial charge in [0.2, 0.25) is 5.91 Å². The number of nitrogens with zero attached hydrogens (tertiary/aromatic N) is 3. The summed E-state index contributed by atoms with van der Waals surface area (Å²) in [6.45, 7) is 3.06. The van der Waals surface area contributed by atoms with E-state index in [4.69, 9.17) is 16.3 Å². The van der Waals surface area contributed by atoms with Crippen LogP contribution in [0, 0.1) is 16.0 Å². The summed E-state index contributed by atoms with van der Waals surface area (Å²) in [5, 5.41) is 14.9. The molecule has 9 heteroatoms. The van der Waals surface area contributed by atoms with E-state index in [1.165, 1.54) is 0 Å². The number of nitrogens with one attached hydrogen (secondary N) is 1. The predicted octanol–water partition coefficient (Wildman–Crippen LogP) is 2.88. The third kappa shape index (κ3) is 4.45. The quantitative estimate of drug-likeness (QED) is 0.418. The fourth-order valence-electron chi connectivity index (χ4n) is 4.52. The first-order valence-electron chi connectivity index (χ1n) is 10.3. The predicted molar refractivity (Wildman–Crippen MR) is 120 cm³/mol. The minimum Gasteiger partial charge on any atom is -0.383 e. The number of ether oxygens (including phenoxy) is 1. The van der Waals surface area contributed by atoms with Crippen LogP contribution in [0.25, 0.3) is 0 Å². The van der Waals surface area contributed by atoms with Crippen LogP contribution in [-0.2, 0) is 16.0 Å². The lowest BCUT2D eigenvalue weighted by Crippen LogP contribution is -2.61. The van der Waals surface area contributed by atoms with Gasteiger partial charge in [0.1, 0.15) is 0 Å². The number of rotatable bonds is 6. The number of fused-ring (bicyclic) bond motifs is 3. The first kappa shape index (κ1) is 21.4. The summed E-state index contributed by atoms with van der Waals surface area (Å²) in [6, 6.07) is 12.6. The Morgan fingerprint density at radius 3 is 2.74 bits per heavy atom. The molecule has 2 aliphatic rings. The Hall–Kier alpha value is -2.84. The highest BCUT2D eigenvalue weighted by Crippen LogP contribution is 2.38. The van der Waals surface area contributed by atoms with E-state index in [1.54, 1.807) is 19.2 Å². The number of nitro benzene ring substituents is 1. The van der Waals surface area contributed by atoms with Crippen molar-refractivity contribution >= 4 is 34.6 Å². The topological polar surface area (TPSA) is 87.9 Å². The number of anilines is 2. The van der Waals surface area contributed by atoms with Crippen molar-refractivity contribution in [3.8, 4) is 0 Å². The average molecular weight is 445 g/mol. The number of amides is 1. The third-order valence-electron chi connectivity index (χ3n) is 6.04. The van der Waals surface area contributed by atoms with Crippen molar-refractivity contribution in [3.05, 3.63) is 63.2 Å². The van der Waals surface area contributed by atoms with E-state index in [-0.39, 0.29) is 23.6 Å². The molecule has 0 unspecified atom stereocenters. The Bertz CT molecular complexity index is 968. The average Bonchev–Trinajstić information content (AvgIpc) is 2.78. The lowest BCUT2D eigenvalue weighted by atomic mass is 9.83. The number of non-ortho nitro benzene ring substituents is 1. The molecule has 0 bridgehead atoms. The first-order valence-corrected chi connectivity index (χ1v) is 10.7. The molecule has 1 saturated heterocycles. The molecule has 2 heterocycles. The summed E-state index contributed by atoms with van der Waals surface area (Å²) in [5.74, 6) is -0.372. The minimum absolute atomic E-state index is 0.0408. The molecule has 2 aliphatic heterocycles. The molecule has 0 radical (unpaired) electrons. The molecular weight excluding hydrogens is 420 g/mol. The Labute approximate surface area is 185 Å². The summed E-state index contributed by atoms with van der Waals surface area (Å²) in [5.41, 5.74) is 2.94. The molecule has 1 fully saturated rings. The highest BCUT2D eigenvalue weighted by atomic mass is 35.5. The normalized spacial score (nSPS) is 20.1. The van der Waals surface area contributed by atoms with Crippen LogP contribution in [-0.4, -0.2) is 56.8 Å². The fraction of sp³-hybridized carbons (Fsp3) is 0.409. The minimum atomic E-state index is -0.390. The van der Waals surface area contributed by atoms with Gasteiger partial charge in [-0.15, -0.1) is 0 Å². The van der Waals surface area contributed by atoms with Crippen molar-refractivity contribution in [2.24, 2.45) is 5.92 Å². The van der Waals surface area contributed by atoms with Gasteiger partial charge < -0.3 is 19.9 Å². The Kier molecular flexibility index (Phi) is 6.29. The van der Waals surface area contributed by atoms with Crippen molar-refractivity contribution in [1.29, 1.82) is 0 Å². The Morgan fingerprint density at radius 2 is 2.03 bits per heavy atom. The van der Waals surface area contributed by atoms with Crippen molar-refractivity contribution < 1.29 is 14.5 Å². The molecule has 164 valence electrons. The van der Waals surface area contributed by atoms with Gasteiger partial charge in [-0.2, -0.15) is 0 Å². The van der Waals surface area contributed by atoms with Crippen molar-refractivity contribution in [3.63, 3.8) is 0 Å². The Morgan fingerprint density at radius 1 is 1.26 bits per heavy atom. The van der Waals surface area contributed by atoms with Crippen molar-refractivity contribution in [2.45, 2.75) is 12.5 Å². The lowest BCUT2D eigenvalue weighted by Gasteiger charge is -2.49. The molecule has 31 heavy (non-hydrogen) atoms. The molecule has 0 saturated carbocycles. The molecule has 4 rings (SSSR count). The van der Waals surface area contributed by atoms with Gasteiger partial charge in [0, 0.05) is 61.8 Å². The van der Waals surface area contributed by atoms with E-state index in [0.29, 0.717) is 31.1 Å². The molecule has 0 spiro atoms. The smallest absolute Gasteiger partial charge is 0.269 e. The number of hydrogen-bond donors (Lipinski definition) is 1. The maximum Gasteiger partial charge on any atom is 0.269 e. The largest absolute Gasteiger partial charge is 0.383 e. The van der Waals surface area contributed by atoms with Crippen LogP contribution in [0.15, 0.2) is 42.5 Å². The third-order valence-corrected chi connectivity index (χ3v) is 6.29. The van der Waals surface area contributed by atoms with E-state index in [0.717, 1.165) is 30.0 Å². The maximum absolute atomic E-state index is 13.1. The van der Waals surface area contributed by atoms with Gasteiger partial charge in [-0.1, -0.05) is 11.6 Å². The maximum atomic E-state index is 13.1. The van der Waals surface area contributed by atoms with Crippen LogP contribution >= 0.6 is 11.6 Å². The molecule has 0 aromatic heterocycles. The summed E-state index contributed by atoms with van der Waals surface area (Å²) < 4.78 is 5.05. The first-order chi connectivity index (χ1) is 15.0. The van der Waals surface area contributed by atoms with Gasteiger partial charge in [0.15, 0.2) is 0 Å². The molecule has 1 amide bonds. The zero-order valence-electron chi connectivity index (χ0n) is 17.3. The lowest BCUT2D eigenvalue weighted by molar-refractivity contribution is -0.384. The molecule has 0 aliphatic carbocycles. The van der Waals surface area contributed by atoms with Crippen LogP contribution in [0.3, 0.4) is 0 Å². The van der Waals surface area contributed by atoms with Crippen LogP contribution < -0.4 is 15.1 Å². The summed E-state index contributed by atoms with van der Waals surface area (Å²) in [7, 11) is 1.59. The highest BCUT2D eigenvalue weighted by molar-refractivity contribution is 6.30. The second-order valence-corrected chi connectivity index (χ2v) is 8.28. The van der Waals surface area contributed by atoms with Crippen LogP contribution in [0.4, 0.5) is 17.1 Å². The van der Waals surface area contributed by atoms with E-state index < -0.39 is 4.92 Å². The van der Waals surface area contributed by atoms with Gasteiger partial charge in [-0.05, 0) is 42.3 Å². The molecule has 2 aromatic rings. The SMILES string of the molecule is COCCNC(=O)[C@H]1Cc2cc([N+](=O)[O-])ccc2N2CCN(c3ccc(Cl)cc3)C[C@@H]12. The van der Waals surface area contributed by atoms with Crippen LogP contribution in [0.5, 0.6) is 0 Å². The summed E-state index contributed by atoms with van der Waals surface area (Å²) >= 11 is 6.04. The number of methoxy groups -OCH3 is 1. The molecule has 8 nitrogen and oxygen atoms in total. The second kappa shape index (κ2) is 9.11. The zero-order chi connectivity index (χ0) is 22.0. The number of piperazine rings is 1. The fourth-order valence-corrected chi connectivity index (χ4v) is 4.64. The van der Waals surface area contributed by atoms with Gasteiger partial charge in [-0.3, -0.25) is 14.9 Å². The van der Waals surface area contributed by atoms with Gasteiger partial charge in [0.25, 0.3) is 5.69 Å². The van der Waals surface area contributed by atoms with Gasteiger partial charge >= 0.3 is 0 Å². The number of nitro groups is 1. The standard InChI is InChI=1S/C22H25ClN4O4/c1-31-11-8-24-22(28)19-13-15-12-18(27(29)30)6-7-20(15)26-10-9-25(14-21(19)26)17-4-2-16(23)3-5-17/h2-7,12,19,21H,8-11,13-14H2,1H3,(H,24,28)/t19-,21-/m0/s1. The molecule has 1 N–H and O–H groups in total. The van der Waals surface area contributed by atoms with Crippen molar-refractivity contribution in [1.82, 2.24) is 5.32 Å². The number of halogens is 1. The van der Waals surface area contributed by atoms with Crippen molar-refractivity contribution in [2.75, 3.05) is 49.7 Å². The highest BCUT2D eigenvalue weighted by Gasteiger charge is 2.42. The van der Waals surface area contributed by atoms with E-state index in [9.17, 15) is 14.9 Å². The number of carbonyl (C=O) groups is 1. The summed E-state index contributed by atoms with van der Waals surface area (Å²) in [4.78, 5) is 28.5. The molecular formula is C22H25ClN4O4. The van der Waals surface area contributed by atoms with E-state index in [1.807, 2.05) is 30.3 Å². The molecule has 2 aromatic carbocycles. The second-order valence-electron chi connectivity index (χ2n) is 7.85. The number of carbonyl (C=O) groups excluding carboxylic acids is 1.